The zero-order valence-electron chi connectivity index (χ0n) is 17.3. The van der Waals surface area contributed by atoms with Crippen LogP contribution in [0.3, 0.4) is 0 Å². The minimum atomic E-state index is -3.84. The Balaban J connectivity index is 1.86. The van der Waals surface area contributed by atoms with Crippen LogP contribution >= 0.6 is 0 Å². The number of para-hydroxylation sites is 1. The maximum atomic E-state index is 13.3. The molecule has 156 valence electrons. The first-order valence-corrected chi connectivity index (χ1v) is 11.2. The molecule has 0 bridgehead atoms. The second kappa shape index (κ2) is 9.13. The molecule has 3 aromatic rings. The van der Waals surface area contributed by atoms with Crippen molar-refractivity contribution in [1.29, 1.82) is 0 Å². The number of anilines is 1. The fourth-order valence-electron chi connectivity index (χ4n) is 3.13. The summed E-state index contributed by atoms with van der Waals surface area (Å²) >= 11 is 0. The predicted octanol–water partition coefficient (Wildman–Crippen LogP) is 4.88. The van der Waals surface area contributed by atoms with Crippen LogP contribution in [0.25, 0.3) is 0 Å². The van der Waals surface area contributed by atoms with Gasteiger partial charge in [-0.15, -0.1) is 0 Å². The third kappa shape index (κ3) is 4.71. The molecule has 0 atom stereocenters. The summed E-state index contributed by atoms with van der Waals surface area (Å²) < 4.78 is 33.4. The number of sulfonamides is 1. The Hall–Kier alpha value is -3.12. The number of benzene rings is 3. The van der Waals surface area contributed by atoms with E-state index >= 15 is 0 Å². The molecule has 0 fully saturated rings. The van der Waals surface area contributed by atoms with Crippen LogP contribution in [-0.2, 0) is 21.4 Å². The van der Waals surface area contributed by atoms with Crippen molar-refractivity contribution in [3.8, 4) is 0 Å². The van der Waals surface area contributed by atoms with Crippen molar-refractivity contribution in [3.05, 3.63) is 95.1 Å². The highest BCUT2D eigenvalue weighted by atomic mass is 32.2. The highest BCUT2D eigenvalue weighted by molar-refractivity contribution is 7.92. The van der Waals surface area contributed by atoms with Crippen LogP contribution in [-0.4, -0.2) is 20.9 Å². The van der Waals surface area contributed by atoms with Gasteiger partial charge in [0, 0.05) is 6.54 Å². The second-order valence-corrected chi connectivity index (χ2v) is 8.88. The average Bonchev–Trinajstić information content (AvgIpc) is 2.74. The van der Waals surface area contributed by atoms with Crippen LogP contribution in [0.2, 0.25) is 0 Å². The number of hydrogen-bond donors (Lipinski definition) is 0. The van der Waals surface area contributed by atoms with Crippen molar-refractivity contribution in [3.63, 3.8) is 0 Å². The molecule has 3 rings (SSSR count). The van der Waals surface area contributed by atoms with Gasteiger partial charge in [-0.2, -0.15) is 0 Å². The fraction of sp³-hybridized carbons (Fsp3) is 0.208. The molecule has 0 unspecified atom stereocenters. The van der Waals surface area contributed by atoms with E-state index in [0.29, 0.717) is 11.3 Å². The van der Waals surface area contributed by atoms with Gasteiger partial charge in [0.05, 0.1) is 16.1 Å². The van der Waals surface area contributed by atoms with Crippen molar-refractivity contribution in [2.24, 2.45) is 0 Å². The first-order valence-electron chi connectivity index (χ1n) is 9.74. The van der Waals surface area contributed by atoms with Crippen LogP contribution < -0.4 is 4.31 Å². The Morgan fingerprint density at radius 3 is 2.23 bits per heavy atom. The number of esters is 1. The maximum Gasteiger partial charge on any atom is 0.338 e. The number of nitrogens with zero attached hydrogens (tertiary/aromatic N) is 1. The minimum Gasteiger partial charge on any atom is -0.457 e. The van der Waals surface area contributed by atoms with Gasteiger partial charge in [-0.1, -0.05) is 54.1 Å². The van der Waals surface area contributed by atoms with Crippen LogP contribution in [0.15, 0.2) is 77.7 Å². The number of hydrogen-bond acceptors (Lipinski definition) is 4. The number of rotatable bonds is 7. The van der Waals surface area contributed by atoms with Crippen molar-refractivity contribution in [1.82, 2.24) is 0 Å². The summed E-state index contributed by atoms with van der Waals surface area (Å²) in [5.74, 6) is -0.560. The van der Waals surface area contributed by atoms with Crippen LogP contribution in [0.5, 0.6) is 0 Å². The van der Waals surface area contributed by atoms with E-state index in [-0.39, 0.29) is 23.6 Å². The Morgan fingerprint density at radius 2 is 1.60 bits per heavy atom. The lowest BCUT2D eigenvalue weighted by molar-refractivity contribution is 0.0472. The Labute approximate surface area is 178 Å². The number of carbonyl (C=O) groups excluding carboxylic acids is 1. The normalized spacial score (nSPS) is 11.2. The molecule has 0 aromatic heterocycles. The summed E-state index contributed by atoms with van der Waals surface area (Å²) in [4.78, 5) is 12.6. The van der Waals surface area contributed by atoms with Crippen molar-refractivity contribution >= 4 is 21.7 Å². The molecule has 0 N–H and O–H groups in total. The lowest BCUT2D eigenvalue weighted by Crippen LogP contribution is -2.31. The van der Waals surface area contributed by atoms with Gasteiger partial charge in [-0.25, -0.2) is 13.2 Å². The van der Waals surface area contributed by atoms with E-state index in [9.17, 15) is 13.2 Å². The number of ether oxygens (including phenoxy) is 1. The van der Waals surface area contributed by atoms with Crippen LogP contribution in [0.4, 0.5) is 5.69 Å². The van der Waals surface area contributed by atoms with Gasteiger partial charge in [0.2, 0.25) is 0 Å². The first-order chi connectivity index (χ1) is 14.3. The monoisotopic (exact) mass is 423 g/mol. The Kier molecular flexibility index (Phi) is 6.57. The summed E-state index contributed by atoms with van der Waals surface area (Å²) in [5.41, 5.74) is 3.34. The fourth-order valence-corrected chi connectivity index (χ4v) is 4.85. The summed E-state index contributed by atoms with van der Waals surface area (Å²) in [6.45, 7) is 5.87. The van der Waals surface area contributed by atoms with Gasteiger partial charge in [-0.3, -0.25) is 4.31 Å². The van der Waals surface area contributed by atoms with Crippen molar-refractivity contribution < 1.29 is 17.9 Å². The third-order valence-electron chi connectivity index (χ3n) is 4.81. The highest BCUT2D eigenvalue weighted by Gasteiger charge is 2.26. The molecule has 6 heteroatoms. The topological polar surface area (TPSA) is 63.7 Å². The molecule has 0 aliphatic carbocycles. The van der Waals surface area contributed by atoms with E-state index in [1.807, 2.05) is 37.3 Å². The number of aryl methyl sites for hydroxylation is 2. The Morgan fingerprint density at radius 1 is 0.933 bits per heavy atom. The van der Waals surface area contributed by atoms with Gasteiger partial charge >= 0.3 is 5.97 Å². The van der Waals surface area contributed by atoms with Crippen LogP contribution in [0.1, 0.15) is 34.0 Å². The molecule has 5 nitrogen and oxygen atoms in total. The summed E-state index contributed by atoms with van der Waals surface area (Å²) in [5, 5.41) is 0. The number of carbonyl (C=O) groups is 1. The average molecular weight is 424 g/mol. The SMILES string of the molecule is CCN(c1ccccc1)S(=O)(=O)c1cc(C(=O)OCc2ccc(C)cc2)ccc1C. The molecule has 30 heavy (non-hydrogen) atoms. The first kappa shape index (κ1) is 21.6. The van der Waals surface area contributed by atoms with E-state index in [1.54, 1.807) is 50.2 Å². The quantitative estimate of drug-likeness (QED) is 0.508. The molecule has 3 aromatic carbocycles. The van der Waals surface area contributed by atoms with Crippen molar-refractivity contribution in [2.75, 3.05) is 10.8 Å². The molecule has 0 saturated carbocycles. The summed E-state index contributed by atoms with van der Waals surface area (Å²) in [7, 11) is -3.84. The largest absolute Gasteiger partial charge is 0.457 e. The third-order valence-corrected chi connectivity index (χ3v) is 6.86. The molecule has 0 amide bonds. The van der Waals surface area contributed by atoms with Crippen LogP contribution in [0, 0.1) is 13.8 Å². The van der Waals surface area contributed by atoms with E-state index in [0.717, 1.165) is 11.1 Å². The smallest absolute Gasteiger partial charge is 0.338 e. The molecular weight excluding hydrogens is 398 g/mol. The van der Waals surface area contributed by atoms with E-state index in [2.05, 4.69) is 0 Å². The lowest BCUT2D eigenvalue weighted by Gasteiger charge is -2.24. The minimum absolute atomic E-state index is 0.0954. The molecular formula is C24H25NO4S. The summed E-state index contributed by atoms with van der Waals surface area (Å²) in [6, 6.07) is 21.2. The molecule has 0 saturated heterocycles. The molecule has 0 aliphatic rings. The van der Waals surface area contributed by atoms with Gasteiger partial charge < -0.3 is 4.74 Å². The molecule has 0 spiro atoms. The molecule has 0 aliphatic heterocycles. The zero-order chi connectivity index (χ0) is 21.7. The zero-order valence-corrected chi connectivity index (χ0v) is 18.1. The molecule has 0 radical (unpaired) electrons. The lowest BCUT2D eigenvalue weighted by atomic mass is 10.1. The Bertz CT molecular complexity index is 1120. The van der Waals surface area contributed by atoms with Gasteiger partial charge in [0.15, 0.2) is 0 Å². The molecule has 0 heterocycles. The standard InChI is InChI=1S/C24H25NO4S/c1-4-25(22-8-6-5-7-9-22)30(27,28)23-16-21(15-12-19(23)3)24(26)29-17-20-13-10-18(2)11-14-20/h5-16H,4,17H2,1-3H3. The van der Waals surface area contributed by atoms with E-state index < -0.39 is 16.0 Å². The second-order valence-electron chi connectivity index (χ2n) is 7.05. The van der Waals surface area contributed by atoms with Gasteiger partial charge in [0.1, 0.15) is 6.61 Å². The van der Waals surface area contributed by atoms with Crippen molar-refractivity contribution in [2.45, 2.75) is 32.3 Å². The van der Waals surface area contributed by atoms with Gasteiger partial charge in [0.25, 0.3) is 10.0 Å². The summed E-state index contributed by atoms with van der Waals surface area (Å²) in [6.07, 6.45) is 0. The maximum absolute atomic E-state index is 13.3. The highest BCUT2D eigenvalue weighted by Crippen LogP contribution is 2.26. The predicted molar refractivity (Wildman–Crippen MR) is 118 cm³/mol. The van der Waals surface area contributed by atoms with E-state index in [1.165, 1.54) is 10.4 Å². The van der Waals surface area contributed by atoms with Gasteiger partial charge in [-0.05, 0) is 56.2 Å². The van der Waals surface area contributed by atoms with E-state index in [4.69, 9.17) is 4.74 Å².